The van der Waals surface area contributed by atoms with Crippen LogP contribution in [0.5, 0.6) is 5.75 Å². The zero-order valence-corrected chi connectivity index (χ0v) is 27.3. The number of hydrogen-bond donors (Lipinski definition) is 3. The fourth-order valence-corrected chi connectivity index (χ4v) is 7.95. The first-order valence-electron chi connectivity index (χ1n) is 15.9. The second-order valence-electron chi connectivity index (χ2n) is 12.4. The molecule has 256 valence electrons. The van der Waals surface area contributed by atoms with Crippen molar-refractivity contribution in [1.29, 1.82) is 0 Å². The van der Waals surface area contributed by atoms with Crippen LogP contribution in [0.4, 0.5) is 27.8 Å². The van der Waals surface area contributed by atoms with E-state index in [0.29, 0.717) is 51.6 Å². The quantitative estimate of drug-likeness (QED) is 0.405. The lowest BCUT2D eigenvalue weighted by atomic mass is 10.0. The van der Waals surface area contributed by atoms with Gasteiger partial charge < -0.3 is 29.9 Å². The minimum Gasteiger partial charge on any atom is -0.506 e. The molecule has 6 rings (SSSR count). The Kier molecular flexibility index (Phi) is 10.1. The summed E-state index contributed by atoms with van der Waals surface area (Å²) in [6, 6.07) is 4.01. The molecule has 0 bridgehead atoms. The number of halogens is 4. The number of amides is 4. The molecule has 0 radical (unpaired) electrons. The van der Waals surface area contributed by atoms with Gasteiger partial charge in [0, 0.05) is 63.3 Å². The van der Waals surface area contributed by atoms with Gasteiger partial charge in [0.2, 0.25) is 0 Å². The van der Waals surface area contributed by atoms with E-state index in [0.717, 1.165) is 48.6 Å². The lowest BCUT2D eigenvalue weighted by molar-refractivity contribution is -0.143. The highest BCUT2D eigenvalue weighted by atomic mass is 35.5. The third-order valence-corrected chi connectivity index (χ3v) is 10.7. The number of aromatic hydroxyl groups is 1. The van der Waals surface area contributed by atoms with Gasteiger partial charge in [-0.05, 0) is 67.9 Å². The van der Waals surface area contributed by atoms with E-state index in [1.165, 1.54) is 16.2 Å². The normalized spacial score (nSPS) is 20.9. The summed E-state index contributed by atoms with van der Waals surface area (Å²) >= 11 is 7.43. The number of benzene rings is 1. The Morgan fingerprint density at radius 1 is 1.02 bits per heavy atom. The van der Waals surface area contributed by atoms with E-state index in [9.17, 15) is 32.7 Å². The number of piperazine rings is 1. The van der Waals surface area contributed by atoms with Gasteiger partial charge in [-0.15, -0.1) is 11.3 Å². The number of rotatable bonds is 6. The van der Waals surface area contributed by atoms with Crippen LogP contribution >= 0.6 is 22.9 Å². The first kappa shape index (κ1) is 33.6. The zero-order valence-electron chi connectivity index (χ0n) is 25.7. The van der Waals surface area contributed by atoms with Crippen molar-refractivity contribution < 1.29 is 37.4 Å². The number of carbonyl (C=O) groups excluding carboxylic acids is 3. The molecule has 1 aromatic heterocycles. The van der Waals surface area contributed by atoms with Crippen LogP contribution in [-0.4, -0.2) is 113 Å². The summed E-state index contributed by atoms with van der Waals surface area (Å²) in [6.45, 7) is 5.01. The Labute approximate surface area is 279 Å². The van der Waals surface area contributed by atoms with Crippen LogP contribution in [0.15, 0.2) is 23.6 Å². The number of nitrogens with one attached hydrogen (secondary N) is 2. The van der Waals surface area contributed by atoms with Crippen LogP contribution in [0.2, 0.25) is 5.02 Å². The largest absolute Gasteiger partial charge is 0.506 e. The molecule has 16 heteroatoms. The van der Waals surface area contributed by atoms with E-state index in [1.807, 2.05) is 11.4 Å². The van der Waals surface area contributed by atoms with Crippen LogP contribution in [0.3, 0.4) is 0 Å². The first-order chi connectivity index (χ1) is 22.5. The zero-order chi connectivity index (χ0) is 33.3. The number of alkyl halides is 3. The van der Waals surface area contributed by atoms with Gasteiger partial charge in [-0.3, -0.25) is 15.0 Å². The van der Waals surface area contributed by atoms with Crippen LogP contribution in [0.25, 0.3) is 0 Å². The lowest BCUT2D eigenvalue weighted by Gasteiger charge is -2.42. The highest BCUT2D eigenvalue weighted by Crippen LogP contribution is 2.41. The number of ether oxygens (including phenoxy) is 1. The molecule has 0 unspecified atom stereocenters. The third-order valence-electron chi connectivity index (χ3n) is 9.55. The van der Waals surface area contributed by atoms with Crippen molar-refractivity contribution in [2.75, 3.05) is 57.7 Å². The number of nitrogens with zero attached hydrogens (tertiary/aromatic N) is 4. The molecule has 11 nitrogen and oxygen atoms in total. The number of likely N-dealkylation sites (tertiary alicyclic amines) is 1. The third kappa shape index (κ3) is 7.58. The highest BCUT2D eigenvalue weighted by molar-refractivity contribution is 7.14. The van der Waals surface area contributed by atoms with Crippen molar-refractivity contribution in [3.8, 4) is 5.75 Å². The molecule has 4 aliphatic rings. The van der Waals surface area contributed by atoms with Gasteiger partial charge >= 0.3 is 18.3 Å². The molecule has 5 heterocycles. The maximum absolute atomic E-state index is 13.9. The Morgan fingerprint density at radius 3 is 2.40 bits per heavy atom. The lowest BCUT2D eigenvalue weighted by Crippen LogP contribution is -2.56. The van der Waals surface area contributed by atoms with E-state index < -0.39 is 40.6 Å². The summed E-state index contributed by atoms with van der Waals surface area (Å²) in [5.41, 5.74) is -0.286. The Bertz CT molecular complexity index is 1470. The number of urea groups is 1. The monoisotopic (exact) mass is 698 g/mol. The second kappa shape index (κ2) is 14.1. The predicted molar refractivity (Wildman–Crippen MR) is 170 cm³/mol. The van der Waals surface area contributed by atoms with Gasteiger partial charge in [0.1, 0.15) is 10.8 Å². The fourth-order valence-electron chi connectivity index (χ4n) is 6.91. The minimum atomic E-state index is -4.88. The number of phenolic OH excluding ortho intramolecular Hbond substituents is 1. The molecule has 3 saturated heterocycles. The van der Waals surface area contributed by atoms with Gasteiger partial charge in [-0.2, -0.15) is 13.2 Å². The molecule has 0 aliphatic carbocycles. The van der Waals surface area contributed by atoms with E-state index in [4.69, 9.17) is 16.3 Å². The first-order valence-corrected chi connectivity index (χ1v) is 17.2. The Hall–Kier alpha value is -3.27. The highest BCUT2D eigenvalue weighted by Gasteiger charge is 2.39. The minimum absolute atomic E-state index is 0.00207. The van der Waals surface area contributed by atoms with E-state index in [2.05, 4.69) is 15.5 Å². The summed E-state index contributed by atoms with van der Waals surface area (Å²) < 4.78 is 46.8. The molecule has 47 heavy (non-hydrogen) atoms. The maximum Gasteiger partial charge on any atom is 0.420 e. The summed E-state index contributed by atoms with van der Waals surface area (Å²) in [7, 11) is 0. The summed E-state index contributed by atoms with van der Waals surface area (Å²) in [4.78, 5) is 47.2. The Balaban J connectivity index is 1.13. The number of carbonyl (C=O) groups is 3. The molecule has 1 aromatic carbocycles. The summed E-state index contributed by atoms with van der Waals surface area (Å²) in [5, 5.41) is 18.5. The number of fused-ring (bicyclic) bond motifs is 1. The van der Waals surface area contributed by atoms with Crippen molar-refractivity contribution in [2.24, 2.45) is 0 Å². The molecule has 4 aliphatic heterocycles. The van der Waals surface area contributed by atoms with Gasteiger partial charge in [-0.25, -0.2) is 9.59 Å². The predicted octanol–water partition coefficient (Wildman–Crippen LogP) is 4.58. The molecule has 3 fully saturated rings. The van der Waals surface area contributed by atoms with Gasteiger partial charge in [-0.1, -0.05) is 11.6 Å². The molecular formula is C31H38ClF3N6O5S. The van der Waals surface area contributed by atoms with E-state index in [-0.39, 0.29) is 37.1 Å². The van der Waals surface area contributed by atoms with Crippen molar-refractivity contribution >= 4 is 46.0 Å². The molecule has 1 atom stereocenters. The van der Waals surface area contributed by atoms with Crippen LogP contribution in [0, 0.1) is 0 Å². The van der Waals surface area contributed by atoms with Crippen molar-refractivity contribution in [1.82, 2.24) is 24.9 Å². The van der Waals surface area contributed by atoms with Crippen LogP contribution < -0.4 is 10.6 Å². The van der Waals surface area contributed by atoms with Crippen molar-refractivity contribution in [2.45, 2.75) is 63.0 Å². The number of piperidine rings is 2. The number of hydrogen-bond acceptors (Lipinski definition) is 8. The van der Waals surface area contributed by atoms with Crippen molar-refractivity contribution in [3.05, 3.63) is 45.3 Å². The molecule has 4 amide bonds. The Morgan fingerprint density at radius 2 is 1.72 bits per heavy atom. The molecule has 0 spiro atoms. The van der Waals surface area contributed by atoms with E-state index >= 15 is 0 Å². The van der Waals surface area contributed by atoms with Crippen molar-refractivity contribution in [3.63, 3.8) is 0 Å². The topological polar surface area (TPSA) is 118 Å². The fraction of sp³-hybridized carbons (Fsp3) is 0.581. The molecule has 3 N–H and O–H groups in total. The number of phenols is 1. The van der Waals surface area contributed by atoms with Crippen LogP contribution in [0.1, 0.15) is 42.4 Å². The average Bonchev–Trinajstić information content (AvgIpc) is 3.52. The van der Waals surface area contributed by atoms with Gasteiger partial charge in [0.05, 0.1) is 17.1 Å². The summed E-state index contributed by atoms with van der Waals surface area (Å²) in [6.07, 6.45) is -4.35. The second-order valence-corrected chi connectivity index (χ2v) is 13.8. The van der Waals surface area contributed by atoms with Gasteiger partial charge in [0.25, 0.3) is 5.91 Å². The smallest absolute Gasteiger partial charge is 0.420 e. The SMILES string of the molecule is O=C(O[C@H](Cc1cc(Cl)c(O)c(C(F)(F)F)c1)C(=O)N1CCN(C2CCNCC2)CC1)N1CCC(N2Cc3ccsc3NC2=O)CC1. The molecule has 0 saturated carbocycles. The van der Waals surface area contributed by atoms with E-state index in [1.54, 1.807) is 9.80 Å². The average molecular weight is 699 g/mol. The molecular weight excluding hydrogens is 661 g/mol. The number of anilines is 1. The standard InChI is InChI=1S/C31H38ClF3N6O5S/c32-24-16-19(15-23(26(24)42)31(33,34)35)17-25(28(43)39-12-10-38(11-13-39)21-1-6-36-7-2-21)46-30(45)40-8-3-22(4-9-40)41-18-20-5-14-47-27(20)37-29(41)44/h5,14-16,21-22,25,36,42H,1-4,6-13,17-18H2,(H,37,44)/t25-/m1/s1. The van der Waals surface area contributed by atoms with Crippen LogP contribution in [-0.2, 0) is 28.7 Å². The molecule has 2 aromatic rings. The van der Waals surface area contributed by atoms with Gasteiger partial charge in [0.15, 0.2) is 6.10 Å². The summed E-state index contributed by atoms with van der Waals surface area (Å²) in [5.74, 6) is -1.59. The maximum atomic E-state index is 13.9. The number of thiophene rings is 1.